The highest BCUT2D eigenvalue weighted by Gasteiger charge is 2.23. The third kappa shape index (κ3) is 9.73. The lowest BCUT2D eigenvalue weighted by atomic mass is 9.95. The minimum atomic E-state index is -1.91. The second-order valence-corrected chi connectivity index (χ2v) is 8.72. The van der Waals surface area contributed by atoms with Gasteiger partial charge in [0.25, 0.3) is 0 Å². The smallest absolute Gasteiger partial charge is 0.196 e. The Morgan fingerprint density at radius 1 is 0.882 bits per heavy atom. The van der Waals surface area contributed by atoms with Crippen LogP contribution in [0.2, 0.25) is 12.1 Å². The van der Waals surface area contributed by atoms with Gasteiger partial charge in [-0.2, -0.15) is 0 Å². The Balaban J connectivity index is 3.95. The van der Waals surface area contributed by atoms with Gasteiger partial charge in [0.15, 0.2) is 8.40 Å². The molecule has 0 spiro atoms. The second-order valence-electron chi connectivity index (χ2n) is 5.25. The summed E-state index contributed by atoms with van der Waals surface area (Å²) in [6, 6.07) is 2.08. The minimum absolute atomic E-state index is 0.720. The van der Waals surface area contributed by atoms with Gasteiger partial charge in [0.1, 0.15) is 0 Å². The van der Waals surface area contributed by atoms with Crippen LogP contribution in [0.5, 0.6) is 0 Å². The Morgan fingerprint density at radius 3 is 1.82 bits per heavy atom. The van der Waals surface area contributed by atoms with Crippen molar-refractivity contribution in [2.75, 3.05) is 13.1 Å². The first-order valence-electron chi connectivity index (χ1n) is 7.03. The molecule has 17 heavy (non-hydrogen) atoms. The van der Waals surface area contributed by atoms with E-state index in [1.807, 2.05) is 0 Å². The van der Waals surface area contributed by atoms with Crippen LogP contribution in [-0.4, -0.2) is 21.5 Å². The van der Waals surface area contributed by atoms with Gasteiger partial charge < -0.3 is 22.3 Å². The first-order valence-corrected chi connectivity index (χ1v) is 9.60. The molecule has 0 aliphatic heterocycles. The van der Waals surface area contributed by atoms with Crippen LogP contribution in [0.3, 0.4) is 0 Å². The Bertz CT molecular complexity index is 168. The lowest BCUT2D eigenvalue weighted by Gasteiger charge is -2.24. The summed E-state index contributed by atoms with van der Waals surface area (Å²) in [5.74, 6) is 0.720. The van der Waals surface area contributed by atoms with E-state index in [0.29, 0.717) is 0 Å². The summed E-state index contributed by atoms with van der Waals surface area (Å²) in [7, 11) is -1.91. The molecule has 0 rings (SSSR count). The van der Waals surface area contributed by atoms with Crippen LogP contribution in [0.1, 0.15) is 45.4 Å². The number of nitrogens with two attached hydrogens (primary N) is 4. The molecule has 0 atom stereocenters. The number of rotatable bonds is 11. The van der Waals surface area contributed by atoms with E-state index in [1.54, 1.807) is 0 Å². The van der Waals surface area contributed by atoms with Gasteiger partial charge in [0.05, 0.1) is 0 Å². The van der Waals surface area contributed by atoms with Gasteiger partial charge in [0.2, 0.25) is 0 Å². The molecule has 0 aromatic rings. The fourth-order valence-corrected chi connectivity index (χ4v) is 4.44. The Morgan fingerprint density at radius 2 is 1.41 bits per heavy atom. The molecule has 0 heterocycles. The molecule has 0 amide bonds. The zero-order valence-corrected chi connectivity index (χ0v) is 12.5. The first-order chi connectivity index (χ1) is 8.05. The van der Waals surface area contributed by atoms with Crippen molar-refractivity contribution in [3.63, 3.8) is 0 Å². The summed E-state index contributed by atoms with van der Waals surface area (Å²) in [5.41, 5.74) is 11.1. The van der Waals surface area contributed by atoms with E-state index in [9.17, 15) is 0 Å². The van der Waals surface area contributed by atoms with Crippen molar-refractivity contribution in [1.29, 1.82) is 0 Å². The highest BCUT2D eigenvalue weighted by Crippen LogP contribution is 2.22. The summed E-state index contributed by atoms with van der Waals surface area (Å²) in [6.07, 6.45) is 6.88. The molecule has 0 saturated heterocycles. The predicted octanol–water partition coefficient (Wildman–Crippen LogP) is 1.24. The van der Waals surface area contributed by atoms with Crippen LogP contribution in [0.25, 0.3) is 0 Å². The maximum Gasteiger partial charge on any atom is 0.196 e. The van der Waals surface area contributed by atoms with Crippen LogP contribution in [-0.2, 0) is 0 Å². The van der Waals surface area contributed by atoms with Crippen molar-refractivity contribution in [3.8, 4) is 0 Å². The molecule has 0 unspecified atom stereocenters. The molecule has 0 radical (unpaired) electrons. The molecule has 8 N–H and O–H groups in total. The van der Waals surface area contributed by atoms with Gasteiger partial charge in [0, 0.05) is 0 Å². The van der Waals surface area contributed by atoms with Crippen LogP contribution < -0.4 is 22.3 Å². The quantitative estimate of drug-likeness (QED) is 0.420. The molecule has 5 heteroatoms. The second kappa shape index (κ2) is 10.0. The molecule has 0 aliphatic rings. The van der Waals surface area contributed by atoms with Crippen molar-refractivity contribution in [3.05, 3.63) is 0 Å². The molecular formula is C12H32N4Si. The Kier molecular flexibility index (Phi) is 10.1. The summed E-state index contributed by atoms with van der Waals surface area (Å²) in [6.45, 7) is 3.71. The number of hydrogen-bond donors (Lipinski definition) is 4. The van der Waals surface area contributed by atoms with E-state index in [4.69, 9.17) is 22.3 Å². The molecule has 0 aromatic heterocycles. The van der Waals surface area contributed by atoms with Crippen molar-refractivity contribution < 1.29 is 0 Å². The van der Waals surface area contributed by atoms with E-state index in [2.05, 4.69) is 6.92 Å². The highest BCUT2D eigenvalue weighted by molar-refractivity contribution is 6.73. The van der Waals surface area contributed by atoms with Gasteiger partial charge >= 0.3 is 0 Å². The Hall–Kier alpha value is 0.0569. The van der Waals surface area contributed by atoms with Crippen molar-refractivity contribution in [2.24, 2.45) is 28.2 Å². The predicted molar refractivity (Wildman–Crippen MR) is 78.7 cm³/mol. The summed E-state index contributed by atoms with van der Waals surface area (Å²) >= 11 is 0. The average Bonchev–Trinajstić information content (AvgIpc) is 2.28. The molecule has 0 aliphatic carbocycles. The molecule has 0 saturated carbocycles. The largest absolute Gasteiger partial charge is 0.339 e. The fourth-order valence-electron chi connectivity index (χ4n) is 2.31. The summed E-state index contributed by atoms with van der Waals surface area (Å²) in [4.78, 5) is 0. The maximum atomic E-state index is 6.20. The first kappa shape index (κ1) is 17.1. The van der Waals surface area contributed by atoms with Gasteiger partial charge in [-0.25, -0.2) is 0 Å². The van der Waals surface area contributed by atoms with Crippen LogP contribution >= 0.6 is 0 Å². The van der Waals surface area contributed by atoms with Crippen LogP contribution in [0.15, 0.2) is 0 Å². The van der Waals surface area contributed by atoms with Crippen molar-refractivity contribution in [1.82, 2.24) is 0 Å². The fraction of sp³-hybridized carbons (Fsp3) is 1.00. The Labute approximate surface area is 108 Å². The van der Waals surface area contributed by atoms with Crippen molar-refractivity contribution in [2.45, 2.75) is 57.5 Å². The monoisotopic (exact) mass is 260 g/mol. The van der Waals surface area contributed by atoms with Gasteiger partial charge in [-0.15, -0.1) is 0 Å². The normalized spacial score (nSPS) is 12.4. The van der Waals surface area contributed by atoms with E-state index in [1.165, 1.54) is 19.3 Å². The third-order valence-electron chi connectivity index (χ3n) is 3.37. The molecule has 0 fully saturated rings. The SMILES string of the molecule is CCC[Si](N)(N)CCC(CCCN)CCCN. The zero-order chi connectivity index (χ0) is 13.1. The van der Waals surface area contributed by atoms with E-state index in [0.717, 1.165) is 50.4 Å². The van der Waals surface area contributed by atoms with E-state index in [-0.39, 0.29) is 0 Å². The summed E-state index contributed by atoms with van der Waals surface area (Å²) < 4.78 is 0. The van der Waals surface area contributed by atoms with Gasteiger partial charge in [-0.1, -0.05) is 19.8 Å². The number of hydrogen-bond acceptors (Lipinski definition) is 4. The van der Waals surface area contributed by atoms with Crippen LogP contribution in [0.4, 0.5) is 0 Å². The van der Waals surface area contributed by atoms with Gasteiger partial charge in [-0.3, -0.25) is 0 Å². The zero-order valence-electron chi connectivity index (χ0n) is 11.5. The van der Waals surface area contributed by atoms with E-state index < -0.39 is 8.40 Å². The molecule has 0 aromatic carbocycles. The molecule has 4 nitrogen and oxygen atoms in total. The third-order valence-corrected chi connectivity index (χ3v) is 6.02. The average molecular weight is 261 g/mol. The maximum absolute atomic E-state index is 6.20. The van der Waals surface area contributed by atoms with Crippen LogP contribution in [0, 0.1) is 5.92 Å². The highest BCUT2D eigenvalue weighted by atomic mass is 28.3. The lowest BCUT2D eigenvalue weighted by molar-refractivity contribution is 0.414. The molecular weight excluding hydrogens is 228 g/mol. The van der Waals surface area contributed by atoms with E-state index >= 15 is 0 Å². The minimum Gasteiger partial charge on any atom is -0.339 e. The molecule has 0 bridgehead atoms. The lowest BCUT2D eigenvalue weighted by Crippen LogP contribution is -2.55. The topological polar surface area (TPSA) is 104 Å². The van der Waals surface area contributed by atoms with Gasteiger partial charge in [-0.05, 0) is 56.8 Å². The molecule has 104 valence electrons. The summed E-state index contributed by atoms with van der Waals surface area (Å²) in [5, 5.41) is 12.4. The van der Waals surface area contributed by atoms with Crippen molar-refractivity contribution >= 4 is 8.40 Å². The standard InChI is InChI=1S/C12H32N4Si/c1-2-10-17(15,16)11-7-12(5-3-8-13)6-4-9-14/h12H,2-11,13-16H2,1H3.